The van der Waals surface area contributed by atoms with Crippen LogP contribution in [0.2, 0.25) is 0 Å². The highest BCUT2D eigenvalue weighted by atomic mass is 19.3. The summed E-state index contributed by atoms with van der Waals surface area (Å²) < 4.78 is 31.2. The number of carbonyl (C=O) groups excluding carboxylic acids is 1. The van der Waals surface area contributed by atoms with E-state index in [2.05, 4.69) is 4.74 Å². The molecule has 0 unspecified atom stereocenters. The van der Waals surface area contributed by atoms with Gasteiger partial charge in [-0.25, -0.2) is 13.6 Å². The van der Waals surface area contributed by atoms with Crippen LogP contribution in [0.25, 0.3) is 0 Å². The van der Waals surface area contributed by atoms with Gasteiger partial charge in [0.2, 0.25) is 0 Å². The summed E-state index contributed by atoms with van der Waals surface area (Å²) >= 11 is 0. The van der Waals surface area contributed by atoms with Gasteiger partial charge in [-0.15, -0.1) is 0 Å². The number of nitro groups is 1. The van der Waals surface area contributed by atoms with Gasteiger partial charge in [-0.1, -0.05) is 0 Å². The summed E-state index contributed by atoms with van der Waals surface area (Å²) in [5.74, 6) is -3.26. The summed E-state index contributed by atoms with van der Waals surface area (Å²) in [6.45, 7) is -1.01. The van der Waals surface area contributed by atoms with Crippen molar-refractivity contribution in [2.24, 2.45) is 0 Å². The summed E-state index contributed by atoms with van der Waals surface area (Å²) in [5, 5.41) is 12.4. The molecule has 18 heavy (non-hydrogen) atoms. The lowest BCUT2D eigenvalue weighted by Gasteiger charge is -2.31. The fraction of sp³-hybridized carbons (Fsp3) is 0.300. The van der Waals surface area contributed by atoms with Crippen molar-refractivity contribution in [2.75, 3.05) is 6.61 Å². The fourth-order valence-electron chi connectivity index (χ4n) is 1.63. The molecule has 0 aromatic heterocycles. The number of hydrogen-bond acceptors (Lipinski definition) is 4. The Morgan fingerprint density at radius 1 is 1.39 bits per heavy atom. The number of hydrogen-bond donors (Lipinski definition) is 1. The van der Waals surface area contributed by atoms with Crippen LogP contribution >= 0.6 is 0 Å². The van der Waals surface area contributed by atoms with Gasteiger partial charge < -0.3 is 10.1 Å². The van der Waals surface area contributed by atoms with E-state index >= 15 is 0 Å². The molecule has 1 heterocycles. The van der Waals surface area contributed by atoms with E-state index in [1.54, 1.807) is 0 Å². The molecule has 1 aromatic rings. The van der Waals surface area contributed by atoms with Gasteiger partial charge in [0.15, 0.2) is 6.61 Å². The van der Waals surface area contributed by atoms with E-state index in [-0.39, 0.29) is 11.3 Å². The van der Waals surface area contributed by atoms with Crippen molar-refractivity contribution in [1.29, 1.82) is 0 Å². The third-order valence-corrected chi connectivity index (χ3v) is 2.52. The number of amides is 1. The molecule has 1 aromatic carbocycles. The first-order chi connectivity index (χ1) is 8.40. The maximum atomic E-state index is 13.5. The molecule has 8 heteroatoms. The van der Waals surface area contributed by atoms with E-state index in [1.165, 1.54) is 12.1 Å². The highest BCUT2D eigenvalue weighted by molar-refractivity contribution is 5.69. The average molecular weight is 258 g/mol. The van der Waals surface area contributed by atoms with Gasteiger partial charge in [0.05, 0.1) is 4.92 Å². The van der Waals surface area contributed by atoms with Gasteiger partial charge in [0.1, 0.15) is 6.04 Å². The number of cyclic esters (lactones) is 1. The maximum absolute atomic E-state index is 13.5. The van der Waals surface area contributed by atoms with Crippen LogP contribution in [0, 0.1) is 10.1 Å². The number of rotatable bonds is 2. The smallest absolute Gasteiger partial charge is 0.408 e. The minimum atomic E-state index is -3.26. The Bertz CT molecular complexity index is 489. The Morgan fingerprint density at radius 3 is 2.56 bits per heavy atom. The van der Waals surface area contributed by atoms with Gasteiger partial charge >= 0.3 is 12.0 Å². The van der Waals surface area contributed by atoms with Crippen molar-refractivity contribution >= 4 is 11.8 Å². The van der Waals surface area contributed by atoms with Crippen molar-refractivity contribution < 1.29 is 23.2 Å². The molecule has 1 atom stereocenters. The maximum Gasteiger partial charge on any atom is 0.408 e. The average Bonchev–Trinajstić information content (AvgIpc) is 2.32. The van der Waals surface area contributed by atoms with E-state index in [0.717, 1.165) is 12.1 Å². The minimum Gasteiger partial charge on any atom is -0.443 e. The van der Waals surface area contributed by atoms with Crippen LogP contribution in [0.5, 0.6) is 0 Å². The largest absolute Gasteiger partial charge is 0.443 e. The number of nitrogens with zero attached hydrogens (tertiary/aromatic N) is 1. The molecule has 1 fully saturated rings. The lowest BCUT2D eigenvalue weighted by Crippen LogP contribution is -2.49. The Hall–Kier alpha value is -2.25. The van der Waals surface area contributed by atoms with Crippen molar-refractivity contribution in [2.45, 2.75) is 12.0 Å². The molecule has 96 valence electrons. The zero-order valence-electron chi connectivity index (χ0n) is 8.93. The normalized spacial score (nSPS) is 21.9. The number of halogens is 2. The summed E-state index contributed by atoms with van der Waals surface area (Å²) in [6, 6.07) is 3.03. The first-order valence-corrected chi connectivity index (χ1v) is 4.95. The second-order valence-electron chi connectivity index (χ2n) is 3.76. The Kier molecular flexibility index (Phi) is 2.85. The molecule has 6 nitrogen and oxygen atoms in total. The predicted octanol–water partition coefficient (Wildman–Crippen LogP) is 2.01. The summed E-state index contributed by atoms with van der Waals surface area (Å²) in [4.78, 5) is 20.7. The van der Waals surface area contributed by atoms with Gasteiger partial charge in [-0.3, -0.25) is 10.1 Å². The fourth-order valence-corrected chi connectivity index (χ4v) is 1.63. The summed E-state index contributed by atoms with van der Waals surface area (Å²) in [6.07, 6.45) is -0.940. The van der Waals surface area contributed by atoms with Crippen LogP contribution in [0.1, 0.15) is 11.6 Å². The lowest BCUT2D eigenvalue weighted by atomic mass is 10.00. The van der Waals surface area contributed by atoms with Crippen molar-refractivity contribution in [3.05, 3.63) is 39.9 Å². The Morgan fingerprint density at radius 2 is 2.00 bits per heavy atom. The number of alkyl halides is 2. The molecule has 0 bridgehead atoms. The first-order valence-electron chi connectivity index (χ1n) is 4.95. The van der Waals surface area contributed by atoms with Gasteiger partial charge in [0.25, 0.3) is 5.69 Å². The highest BCUT2D eigenvalue weighted by Crippen LogP contribution is 2.34. The molecule has 1 amide bonds. The topological polar surface area (TPSA) is 81.5 Å². The molecular formula is C10H8F2N2O4. The van der Waals surface area contributed by atoms with Crippen molar-refractivity contribution in [3.63, 3.8) is 0 Å². The number of nitrogens with one attached hydrogen (secondary N) is 1. The number of carbonyl (C=O) groups is 1. The summed E-state index contributed by atoms with van der Waals surface area (Å²) in [7, 11) is 0. The zero-order valence-corrected chi connectivity index (χ0v) is 8.93. The van der Waals surface area contributed by atoms with E-state index in [0.29, 0.717) is 0 Å². The third kappa shape index (κ3) is 2.22. The summed E-state index contributed by atoms with van der Waals surface area (Å²) in [5.41, 5.74) is -0.122. The number of alkyl carbamates (subject to hydrolysis) is 1. The lowest BCUT2D eigenvalue weighted by molar-refractivity contribution is -0.384. The standard InChI is InChI=1S/C10H8F2N2O4/c11-10(12)5-18-9(15)13-8(10)6-1-3-7(4-2-6)14(16)17/h1-4,8H,5H2,(H,13,15)/t8-/m0/s1. The van der Waals surface area contributed by atoms with Crippen LogP contribution in [0.3, 0.4) is 0 Å². The van der Waals surface area contributed by atoms with Crippen molar-refractivity contribution in [1.82, 2.24) is 5.32 Å². The SMILES string of the molecule is O=C1N[C@@H](c2ccc([N+](=O)[O-])cc2)C(F)(F)CO1. The zero-order chi connectivity index (χ0) is 13.3. The first kappa shape index (κ1) is 12.2. The molecule has 1 aliphatic rings. The predicted molar refractivity (Wildman–Crippen MR) is 55.3 cm³/mol. The molecule has 1 saturated heterocycles. The van der Waals surface area contributed by atoms with Crippen LogP contribution < -0.4 is 5.32 Å². The van der Waals surface area contributed by atoms with Crippen molar-refractivity contribution in [3.8, 4) is 0 Å². The van der Waals surface area contributed by atoms with Gasteiger partial charge in [-0.2, -0.15) is 0 Å². The highest BCUT2D eigenvalue weighted by Gasteiger charge is 2.46. The minimum absolute atomic E-state index is 0.0854. The second-order valence-corrected chi connectivity index (χ2v) is 3.76. The van der Waals surface area contributed by atoms with Crippen LogP contribution in [0.4, 0.5) is 19.3 Å². The molecule has 1 aliphatic heterocycles. The molecule has 0 aliphatic carbocycles. The molecule has 2 rings (SSSR count). The Balaban J connectivity index is 2.28. The number of non-ortho nitro benzene ring substituents is 1. The second kappa shape index (κ2) is 4.21. The Labute approximate surface area is 99.7 Å². The molecule has 1 N–H and O–H groups in total. The monoisotopic (exact) mass is 258 g/mol. The quantitative estimate of drug-likeness (QED) is 0.649. The molecule has 0 saturated carbocycles. The van der Waals surface area contributed by atoms with Gasteiger partial charge in [0, 0.05) is 12.1 Å². The number of nitro benzene ring substituents is 1. The van der Waals surface area contributed by atoms with E-state index < -0.39 is 29.6 Å². The van der Waals surface area contributed by atoms with E-state index in [1.807, 2.05) is 5.32 Å². The van der Waals surface area contributed by atoms with Crippen LogP contribution in [-0.4, -0.2) is 23.5 Å². The van der Waals surface area contributed by atoms with Gasteiger partial charge in [-0.05, 0) is 17.7 Å². The van der Waals surface area contributed by atoms with E-state index in [4.69, 9.17) is 0 Å². The number of benzene rings is 1. The molecule has 0 radical (unpaired) electrons. The van der Waals surface area contributed by atoms with Crippen LogP contribution in [0.15, 0.2) is 24.3 Å². The van der Waals surface area contributed by atoms with E-state index in [9.17, 15) is 23.7 Å². The molecule has 0 spiro atoms. The third-order valence-electron chi connectivity index (χ3n) is 2.52. The number of ether oxygens (including phenoxy) is 1. The molecular weight excluding hydrogens is 250 g/mol. The van der Waals surface area contributed by atoms with Crippen LogP contribution in [-0.2, 0) is 4.74 Å².